The lowest BCUT2D eigenvalue weighted by atomic mass is 10.1. The topological polar surface area (TPSA) is 42.0 Å². The molecular formula is C17H19FN2O. The van der Waals surface area contributed by atoms with Gasteiger partial charge in [0.25, 0.3) is 5.91 Å². The molecule has 2 aromatic rings. The highest BCUT2D eigenvalue weighted by Gasteiger charge is 2.08. The van der Waals surface area contributed by atoms with Gasteiger partial charge in [0.05, 0.1) is 5.56 Å². The van der Waals surface area contributed by atoms with E-state index in [0.717, 1.165) is 12.0 Å². The van der Waals surface area contributed by atoms with Crippen LogP contribution in [0.1, 0.15) is 30.6 Å². The lowest BCUT2D eigenvalue weighted by molar-refractivity contribution is 0.0951. The smallest absolute Gasteiger partial charge is 0.252 e. The van der Waals surface area contributed by atoms with Gasteiger partial charge < -0.3 is 5.32 Å². The number of hydrogen-bond donors (Lipinski definition) is 1. The standard InChI is InChI=1S/C17H19FN2O/c1-12(2)6-7-20-17(21)15-8-14(10-19-11-15)13-4-3-5-16(18)9-13/h3-5,8-12H,6-7H2,1-2H3,(H,20,21). The van der Waals surface area contributed by atoms with Crippen molar-refractivity contribution in [2.24, 2.45) is 5.92 Å². The monoisotopic (exact) mass is 286 g/mol. The first-order chi connectivity index (χ1) is 10.1. The quantitative estimate of drug-likeness (QED) is 0.911. The summed E-state index contributed by atoms with van der Waals surface area (Å²) in [6.45, 7) is 4.86. The maximum Gasteiger partial charge on any atom is 0.252 e. The van der Waals surface area contributed by atoms with Crippen molar-refractivity contribution < 1.29 is 9.18 Å². The number of nitrogens with one attached hydrogen (secondary N) is 1. The van der Waals surface area contributed by atoms with E-state index >= 15 is 0 Å². The Balaban J connectivity index is 2.12. The molecule has 0 unspecified atom stereocenters. The predicted octanol–water partition coefficient (Wildman–Crippen LogP) is 3.66. The molecule has 0 aliphatic rings. The van der Waals surface area contributed by atoms with Crippen LogP contribution >= 0.6 is 0 Å². The average molecular weight is 286 g/mol. The van der Waals surface area contributed by atoms with Crippen LogP contribution in [-0.2, 0) is 0 Å². The van der Waals surface area contributed by atoms with E-state index in [1.54, 1.807) is 24.4 Å². The third kappa shape index (κ3) is 4.38. The van der Waals surface area contributed by atoms with E-state index in [1.165, 1.54) is 18.3 Å². The second-order valence-corrected chi connectivity index (χ2v) is 5.41. The molecule has 21 heavy (non-hydrogen) atoms. The fourth-order valence-corrected chi connectivity index (χ4v) is 1.97. The molecule has 0 radical (unpaired) electrons. The van der Waals surface area contributed by atoms with Crippen LogP contribution in [0, 0.1) is 11.7 Å². The first-order valence-electron chi connectivity index (χ1n) is 7.05. The fourth-order valence-electron chi connectivity index (χ4n) is 1.97. The second-order valence-electron chi connectivity index (χ2n) is 5.41. The maximum absolute atomic E-state index is 13.3. The normalized spacial score (nSPS) is 10.7. The number of amides is 1. The van der Waals surface area contributed by atoms with Crippen LogP contribution in [0.15, 0.2) is 42.7 Å². The largest absolute Gasteiger partial charge is 0.352 e. The molecule has 2 rings (SSSR count). The van der Waals surface area contributed by atoms with E-state index in [2.05, 4.69) is 24.1 Å². The fraction of sp³-hybridized carbons (Fsp3) is 0.294. The zero-order chi connectivity index (χ0) is 15.2. The Morgan fingerprint density at radius 2 is 2.05 bits per heavy atom. The molecule has 1 N–H and O–H groups in total. The SMILES string of the molecule is CC(C)CCNC(=O)c1cncc(-c2cccc(F)c2)c1. The number of aromatic nitrogens is 1. The number of hydrogen-bond acceptors (Lipinski definition) is 2. The summed E-state index contributed by atoms with van der Waals surface area (Å²) in [6.07, 6.45) is 4.08. The van der Waals surface area contributed by atoms with Crippen molar-refractivity contribution in [3.8, 4) is 11.1 Å². The molecule has 1 heterocycles. The molecule has 0 saturated heterocycles. The molecule has 0 fully saturated rings. The summed E-state index contributed by atoms with van der Waals surface area (Å²) in [5.74, 6) is 0.0859. The Morgan fingerprint density at radius 1 is 1.24 bits per heavy atom. The van der Waals surface area contributed by atoms with Gasteiger partial charge in [-0.05, 0) is 36.1 Å². The average Bonchev–Trinajstić information content (AvgIpc) is 2.47. The number of carbonyl (C=O) groups excluding carboxylic acids is 1. The molecule has 3 nitrogen and oxygen atoms in total. The van der Waals surface area contributed by atoms with E-state index in [9.17, 15) is 9.18 Å². The third-order valence-corrected chi connectivity index (χ3v) is 3.17. The summed E-state index contributed by atoms with van der Waals surface area (Å²) in [5, 5.41) is 2.87. The number of rotatable bonds is 5. The Labute approximate surface area is 124 Å². The molecule has 0 spiro atoms. The number of pyridine rings is 1. The number of halogens is 1. The maximum atomic E-state index is 13.3. The van der Waals surface area contributed by atoms with Crippen molar-refractivity contribution in [3.05, 3.63) is 54.1 Å². The van der Waals surface area contributed by atoms with Crippen molar-refractivity contribution in [1.29, 1.82) is 0 Å². The van der Waals surface area contributed by atoms with Gasteiger partial charge in [0.15, 0.2) is 0 Å². The van der Waals surface area contributed by atoms with Crippen molar-refractivity contribution in [3.63, 3.8) is 0 Å². The van der Waals surface area contributed by atoms with Crippen LogP contribution in [0.3, 0.4) is 0 Å². The summed E-state index contributed by atoms with van der Waals surface area (Å²) < 4.78 is 13.3. The lowest BCUT2D eigenvalue weighted by Crippen LogP contribution is -2.25. The molecule has 0 bridgehead atoms. The molecule has 0 aliphatic carbocycles. The summed E-state index contributed by atoms with van der Waals surface area (Å²) >= 11 is 0. The van der Waals surface area contributed by atoms with Crippen LogP contribution in [-0.4, -0.2) is 17.4 Å². The molecule has 1 amide bonds. The van der Waals surface area contributed by atoms with E-state index in [0.29, 0.717) is 23.6 Å². The first-order valence-corrected chi connectivity index (χ1v) is 7.05. The lowest BCUT2D eigenvalue weighted by Gasteiger charge is -2.08. The predicted molar refractivity (Wildman–Crippen MR) is 81.4 cm³/mol. The minimum atomic E-state index is -0.306. The number of benzene rings is 1. The molecule has 0 aliphatic heterocycles. The van der Waals surface area contributed by atoms with Crippen molar-refractivity contribution >= 4 is 5.91 Å². The summed E-state index contributed by atoms with van der Waals surface area (Å²) in [5.41, 5.74) is 1.92. The highest BCUT2D eigenvalue weighted by Crippen LogP contribution is 2.20. The summed E-state index contributed by atoms with van der Waals surface area (Å²) in [7, 11) is 0. The molecule has 0 saturated carbocycles. The van der Waals surface area contributed by atoms with Gasteiger partial charge in [-0.25, -0.2) is 4.39 Å². The van der Waals surface area contributed by atoms with Gasteiger partial charge >= 0.3 is 0 Å². The first kappa shape index (κ1) is 15.2. The van der Waals surface area contributed by atoms with Crippen LogP contribution < -0.4 is 5.32 Å². The van der Waals surface area contributed by atoms with E-state index in [1.807, 2.05) is 0 Å². The minimum absolute atomic E-state index is 0.151. The molecular weight excluding hydrogens is 267 g/mol. The van der Waals surface area contributed by atoms with Gasteiger partial charge in [-0.15, -0.1) is 0 Å². The molecule has 110 valence electrons. The Morgan fingerprint density at radius 3 is 2.76 bits per heavy atom. The van der Waals surface area contributed by atoms with Crippen molar-refractivity contribution in [1.82, 2.24) is 10.3 Å². The minimum Gasteiger partial charge on any atom is -0.352 e. The molecule has 1 aromatic carbocycles. The zero-order valence-corrected chi connectivity index (χ0v) is 12.3. The van der Waals surface area contributed by atoms with E-state index < -0.39 is 0 Å². The van der Waals surface area contributed by atoms with Gasteiger partial charge in [0, 0.05) is 24.5 Å². The molecule has 0 atom stereocenters. The second kappa shape index (κ2) is 6.97. The number of nitrogens with zero attached hydrogens (tertiary/aromatic N) is 1. The van der Waals surface area contributed by atoms with Gasteiger partial charge in [-0.2, -0.15) is 0 Å². The van der Waals surface area contributed by atoms with Crippen LogP contribution in [0.5, 0.6) is 0 Å². The molecule has 4 heteroatoms. The highest BCUT2D eigenvalue weighted by atomic mass is 19.1. The van der Waals surface area contributed by atoms with Gasteiger partial charge in [0.2, 0.25) is 0 Å². The van der Waals surface area contributed by atoms with E-state index in [4.69, 9.17) is 0 Å². The third-order valence-electron chi connectivity index (χ3n) is 3.17. The van der Waals surface area contributed by atoms with Crippen molar-refractivity contribution in [2.75, 3.05) is 6.54 Å². The van der Waals surface area contributed by atoms with Crippen molar-refractivity contribution in [2.45, 2.75) is 20.3 Å². The van der Waals surface area contributed by atoms with E-state index in [-0.39, 0.29) is 11.7 Å². The van der Waals surface area contributed by atoms with Gasteiger partial charge in [-0.3, -0.25) is 9.78 Å². The van der Waals surface area contributed by atoms with Crippen LogP contribution in [0.2, 0.25) is 0 Å². The van der Waals surface area contributed by atoms with Gasteiger partial charge in [-0.1, -0.05) is 26.0 Å². The Kier molecular flexibility index (Phi) is 5.04. The Bertz CT molecular complexity index is 626. The van der Waals surface area contributed by atoms with Crippen LogP contribution in [0.4, 0.5) is 4.39 Å². The van der Waals surface area contributed by atoms with Crippen LogP contribution in [0.25, 0.3) is 11.1 Å². The summed E-state index contributed by atoms with van der Waals surface area (Å²) in [4.78, 5) is 16.1. The summed E-state index contributed by atoms with van der Waals surface area (Å²) in [6, 6.07) is 7.98. The number of carbonyl (C=O) groups is 1. The zero-order valence-electron chi connectivity index (χ0n) is 12.3. The highest BCUT2D eigenvalue weighted by molar-refractivity contribution is 5.95. The Hall–Kier alpha value is -2.23. The molecule has 1 aromatic heterocycles. The van der Waals surface area contributed by atoms with Gasteiger partial charge in [0.1, 0.15) is 5.82 Å².